The maximum atomic E-state index is 12.4. The number of sulfonamides is 1. The molecule has 100 valence electrons. The van der Waals surface area contributed by atoms with E-state index in [-0.39, 0.29) is 10.5 Å². The quantitative estimate of drug-likeness (QED) is 0.881. The summed E-state index contributed by atoms with van der Waals surface area (Å²) in [6.07, 6.45) is 6.43. The molecule has 0 unspecified atom stereocenters. The number of rotatable bonds is 2. The van der Waals surface area contributed by atoms with Crippen molar-refractivity contribution in [2.75, 3.05) is 13.1 Å². The van der Waals surface area contributed by atoms with Gasteiger partial charge >= 0.3 is 0 Å². The van der Waals surface area contributed by atoms with E-state index >= 15 is 0 Å². The van der Waals surface area contributed by atoms with Crippen LogP contribution in [0, 0.1) is 0 Å². The van der Waals surface area contributed by atoms with Crippen molar-refractivity contribution in [1.82, 2.24) is 9.29 Å². The number of nitrogens with zero attached hydrogens (tertiary/aromatic N) is 1. The van der Waals surface area contributed by atoms with Gasteiger partial charge in [-0.15, -0.1) is 0 Å². The van der Waals surface area contributed by atoms with Crippen molar-refractivity contribution >= 4 is 10.0 Å². The van der Waals surface area contributed by atoms with E-state index in [2.05, 4.69) is 4.98 Å². The highest BCUT2D eigenvalue weighted by molar-refractivity contribution is 7.89. The topological polar surface area (TPSA) is 70.2 Å². The molecule has 1 aromatic heterocycles. The number of hydrogen-bond donors (Lipinski definition) is 1. The molecule has 1 aliphatic heterocycles. The van der Waals surface area contributed by atoms with E-state index < -0.39 is 10.0 Å². The van der Waals surface area contributed by atoms with Crippen LogP contribution >= 0.6 is 0 Å². The van der Waals surface area contributed by atoms with Crippen molar-refractivity contribution < 1.29 is 8.42 Å². The van der Waals surface area contributed by atoms with Crippen LogP contribution in [0.4, 0.5) is 0 Å². The molecular formula is C12H18N2O3S. The number of aromatic nitrogens is 1. The molecule has 1 N–H and O–H groups in total. The van der Waals surface area contributed by atoms with Crippen molar-refractivity contribution in [3.8, 4) is 0 Å². The van der Waals surface area contributed by atoms with Crippen LogP contribution in [-0.4, -0.2) is 30.8 Å². The summed E-state index contributed by atoms with van der Waals surface area (Å²) in [6, 6.07) is 2.61. The van der Waals surface area contributed by atoms with Crippen LogP contribution in [0.25, 0.3) is 0 Å². The smallest absolute Gasteiger partial charge is 0.247 e. The number of nitrogens with one attached hydrogen (secondary N) is 1. The van der Waals surface area contributed by atoms with Gasteiger partial charge in [0.25, 0.3) is 0 Å². The number of pyridine rings is 1. The average molecular weight is 270 g/mol. The molecule has 0 spiro atoms. The molecule has 0 saturated carbocycles. The Morgan fingerprint density at radius 1 is 1.00 bits per heavy atom. The molecule has 1 aromatic rings. The van der Waals surface area contributed by atoms with E-state index in [0.29, 0.717) is 13.1 Å². The van der Waals surface area contributed by atoms with Gasteiger partial charge in [0.2, 0.25) is 15.6 Å². The minimum absolute atomic E-state index is 0.169. The Hall–Kier alpha value is -1.14. The van der Waals surface area contributed by atoms with Crippen LogP contribution in [0.15, 0.2) is 28.0 Å². The number of aromatic amines is 1. The van der Waals surface area contributed by atoms with Gasteiger partial charge in [-0.2, -0.15) is 4.31 Å². The van der Waals surface area contributed by atoms with Crippen molar-refractivity contribution in [3.05, 3.63) is 28.7 Å². The molecule has 18 heavy (non-hydrogen) atoms. The first kappa shape index (κ1) is 13.3. The van der Waals surface area contributed by atoms with Crippen LogP contribution in [0.3, 0.4) is 0 Å². The molecule has 0 amide bonds. The van der Waals surface area contributed by atoms with Crippen LogP contribution < -0.4 is 5.56 Å². The lowest BCUT2D eigenvalue weighted by Crippen LogP contribution is -2.34. The summed E-state index contributed by atoms with van der Waals surface area (Å²) in [5.74, 6) is 0. The zero-order valence-corrected chi connectivity index (χ0v) is 11.1. The van der Waals surface area contributed by atoms with Crippen LogP contribution in [0.5, 0.6) is 0 Å². The molecule has 5 nitrogen and oxygen atoms in total. The van der Waals surface area contributed by atoms with Gasteiger partial charge in [-0.25, -0.2) is 8.42 Å². The SMILES string of the molecule is O=c1ccc(S(=O)(=O)N2CCCCCCC2)c[nH]1. The third-order valence-electron chi connectivity index (χ3n) is 3.21. The lowest BCUT2D eigenvalue weighted by atomic mass is 10.1. The van der Waals surface area contributed by atoms with Crippen molar-refractivity contribution in [3.63, 3.8) is 0 Å². The Kier molecular flexibility index (Phi) is 4.19. The highest BCUT2D eigenvalue weighted by Gasteiger charge is 2.24. The van der Waals surface area contributed by atoms with Gasteiger partial charge < -0.3 is 4.98 Å². The van der Waals surface area contributed by atoms with E-state index in [1.807, 2.05) is 0 Å². The fourth-order valence-corrected chi connectivity index (χ4v) is 3.65. The fourth-order valence-electron chi connectivity index (χ4n) is 2.16. The highest BCUT2D eigenvalue weighted by Crippen LogP contribution is 2.18. The van der Waals surface area contributed by atoms with Gasteiger partial charge in [0.1, 0.15) is 0 Å². The standard InChI is InChI=1S/C12H18N2O3S/c15-12-7-6-11(10-13-12)18(16,17)14-8-4-2-1-3-5-9-14/h6-7,10H,1-5,8-9H2,(H,13,15). The number of H-pyrrole nitrogens is 1. The summed E-state index contributed by atoms with van der Waals surface area (Å²) < 4.78 is 26.3. The Morgan fingerprint density at radius 3 is 2.17 bits per heavy atom. The molecule has 0 atom stereocenters. The first-order chi connectivity index (χ1) is 8.60. The van der Waals surface area contributed by atoms with E-state index in [0.717, 1.165) is 25.7 Å². The predicted molar refractivity (Wildman–Crippen MR) is 68.9 cm³/mol. The number of hydrogen-bond acceptors (Lipinski definition) is 3. The lowest BCUT2D eigenvalue weighted by Gasteiger charge is -2.23. The molecule has 0 aromatic carbocycles. The van der Waals surface area contributed by atoms with E-state index in [4.69, 9.17) is 0 Å². The van der Waals surface area contributed by atoms with Crippen LogP contribution in [0.2, 0.25) is 0 Å². The minimum Gasteiger partial charge on any atom is -0.328 e. The molecule has 1 aliphatic rings. The Balaban J connectivity index is 2.23. The molecule has 2 rings (SSSR count). The predicted octanol–water partition coefficient (Wildman–Crippen LogP) is 1.33. The minimum atomic E-state index is -3.46. The van der Waals surface area contributed by atoms with Crippen LogP contribution in [-0.2, 0) is 10.0 Å². The molecule has 1 saturated heterocycles. The summed E-state index contributed by atoms with van der Waals surface area (Å²) in [6.45, 7) is 1.14. The largest absolute Gasteiger partial charge is 0.328 e. The molecule has 2 heterocycles. The molecule has 6 heteroatoms. The second kappa shape index (κ2) is 5.67. The van der Waals surface area contributed by atoms with Gasteiger partial charge in [0, 0.05) is 25.4 Å². The third-order valence-corrected chi connectivity index (χ3v) is 5.10. The van der Waals surface area contributed by atoms with Gasteiger partial charge in [-0.05, 0) is 18.9 Å². The summed E-state index contributed by atoms with van der Waals surface area (Å²) in [4.78, 5) is 13.5. The maximum absolute atomic E-state index is 12.4. The molecular weight excluding hydrogens is 252 g/mol. The third kappa shape index (κ3) is 3.00. The molecule has 0 aliphatic carbocycles. The van der Waals surface area contributed by atoms with E-state index in [9.17, 15) is 13.2 Å². The fraction of sp³-hybridized carbons (Fsp3) is 0.583. The van der Waals surface area contributed by atoms with Gasteiger partial charge in [0.15, 0.2) is 0 Å². The van der Waals surface area contributed by atoms with Gasteiger partial charge in [0.05, 0.1) is 4.90 Å². The van der Waals surface area contributed by atoms with Crippen molar-refractivity contribution in [2.45, 2.75) is 37.0 Å². The van der Waals surface area contributed by atoms with Gasteiger partial charge in [-0.3, -0.25) is 4.79 Å². The lowest BCUT2D eigenvalue weighted by molar-refractivity contribution is 0.364. The monoisotopic (exact) mass is 270 g/mol. The van der Waals surface area contributed by atoms with E-state index in [1.54, 1.807) is 0 Å². The maximum Gasteiger partial charge on any atom is 0.247 e. The summed E-state index contributed by atoms with van der Waals surface area (Å²) in [5.41, 5.74) is -0.290. The first-order valence-electron chi connectivity index (χ1n) is 6.29. The second-order valence-corrected chi connectivity index (χ2v) is 6.50. The summed E-state index contributed by atoms with van der Waals surface area (Å²) >= 11 is 0. The normalized spacial score (nSPS) is 19.1. The molecule has 0 radical (unpaired) electrons. The Morgan fingerprint density at radius 2 is 1.61 bits per heavy atom. The van der Waals surface area contributed by atoms with E-state index in [1.165, 1.54) is 29.1 Å². The Bertz CT molecular complexity index is 522. The summed E-state index contributed by atoms with van der Waals surface area (Å²) in [7, 11) is -3.46. The zero-order valence-electron chi connectivity index (χ0n) is 10.3. The second-order valence-electron chi connectivity index (χ2n) is 4.56. The van der Waals surface area contributed by atoms with Gasteiger partial charge in [-0.1, -0.05) is 19.3 Å². The highest BCUT2D eigenvalue weighted by atomic mass is 32.2. The van der Waals surface area contributed by atoms with Crippen molar-refractivity contribution in [2.24, 2.45) is 0 Å². The first-order valence-corrected chi connectivity index (χ1v) is 7.73. The summed E-state index contributed by atoms with van der Waals surface area (Å²) in [5, 5.41) is 0. The average Bonchev–Trinajstić information content (AvgIpc) is 2.28. The van der Waals surface area contributed by atoms with Crippen LogP contribution in [0.1, 0.15) is 32.1 Å². The molecule has 0 bridgehead atoms. The molecule has 1 fully saturated rings. The zero-order chi connectivity index (χ0) is 13.0. The Labute approximate surface area is 107 Å². The van der Waals surface area contributed by atoms with Crippen molar-refractivity contribution in [1.29, 1.82) is 0 Å².